The zero-order valence-electron chi connectivity index (χ0n) is 16.9. The van der Waals surface area contributed by atoms with Gasteiger partial charge in [0.2, 0.25) is 0 Å². The molecule has 8 nitrogen and oxygen atoms in total. The number of aliphatic hydroxyl groups excluding tert-OH is 1. The summed E-state index contributed by atoms with van der Waals surface area (Å²) in [6.45, 7) is 6.24. The van der Waals surface area contributed by atoms with Gasteiger partial charge in [0, 0.05) is 23.0 Å². The molecule has 2 atom stereocenters. The van der Waals surface area contributed by atoms with E-state index in [4.69, 9.17) is 9.15 Å². The van der Waals surface area contributed by atoms with Crippen LogP contribution in [0, 0.1) is 29.6 Å². The Kier molecular flexibility index (Phi) is 5.46. The maximum atomic E-state index is 12.8. The minimum Gasteiger partial charge on any atom is -0.461 e. The monoisotopic (exact) mass is 405 g/mol. The number of aryl methyl sites for hydroxylation is 1. The molecule has 152 valence electrons. The van der Waals surface area contributed by atoms with Crippen LogP contribution >= 0.6 is 0 Å². The number of hydrogen-bond acceptors (Lipinski definition) is 8. The number of nitriles is 2. The van der Waals surface area contributed by atoms with E-state index in [9.17, 15) is 25.2 Å². The van der Waals surface area contributed by atoms with Crippen LogP contribution in [0.2, 0.25) is 0 Å². The summed E-state index contributed by atoms with van der Waals surface area (Å²) in [6.07, 6.45) is -1.35. The fraction of sp³-hybridized carbons (Fsp3) is 0.273. The molecule has 1 aliphatic heterocycles. The number of benzene rings is 1. The zero-order valence-corrected chi connectivity index (χ0v) is 16.9. The van der Waals surface area contributed by atoms with E-state index in [1.54, 1.807) is 26.8 Å². The lowest BCUT2D eigenvalue weighted by atomic mass is 9.80. The maximum Gasteiger partial charge on any atom is 0.339 e. The molecular weight excluding hydrogens is 386 g/mol. The highest BCUT2D eigenvalue weighted by molar-refractivity contribution is 5.95. The van der Waals surface area contributed by atoms with Gasteiger partial charge in [-0.15, -0.1) is 0 Å². The summed E-state index contributed by atoms with van der Waals surface area (Å²) in [4.78, 5) is 25.4. The summed E-state index contributed by atoms with van der Waals surface area (Å²) in [5, 5.41) is 31.9. The summed E-state index contributed by atoms with van der Waals surface area (Å²) in [7, 11) is 0. The number of esters is 1. The number of aliphatic hydroxyl groups is 1. The first-order chi connectivity index (χ1) is 14.2. The summed E-state index contributed by atoms with van der Waals surface area (Å²) < 4.78 is 10.8. The molecule has 0 radical (unpaired) electrons. The number of ether oxygens (including phenoxy) is 1. The molecule has 2 N–H and O–H groups in total. The first-order valence-corrected chi connectivity index (χ1v) is 9.14. The topological polar surface area (TPSA) is 136 Å². The van der Waals surface area contributed by atoms with Gasteiger partial charge < -0.3 is 19.6 Å². The highest BCUT2D eigenvalue weighted by Crippen LogP contribution is 2.41. The van der Waals surface area contributed by atoms with Crippen LogP contribution in [-0.4, -0.2) is 17.4 Å². The third kappa shape index (κ3) is 3.45. The van der Waals surface area contributed by atoms with Crippen LogP contribution in [-0.2, 0) is 9.53 Å². The number of dihydropyridines is 1. The van der Waals surface area contributed by atoms with E-state index in [1.165, 1.54) is 19.1 Å². The maximum absolute atomic E-state index is 12.8. The van der Waals surface area contributed by atoms with Crippen molar-refractivity contribution >= 4 is 16.9 Å². The van der Waals surface area contributed by atoms with Gasteiger partial charge >= 0.3 is 5.97 Å². The van der Waals surface area contributed by atoms with Gasteiger partial charge in [-0.05, 0) is 33.8 Å². The third-order valence-electron chi connectivity index (χ3n) is 4.84. The molecule has 8 heteroatoms. The quantitative estimate of drug-likeness (QED) is 0.587. The van der Waals surface area contributed by atoms with Gasteiger partial charge in [-0.3, -0.25) is 4.79 Å². The van der Waals surface area contributed by atoms with Crippen LogP contribution in [0.15, 0.2) is 50.0 Å². The zero-order chi connectivity index (χ0) is 22.2. The van der Waals surface area contributed by atoms with Crippen molar-refractivity contribution in [3.8, 4) is 12.1 Å². The SMILES string of the molecule is CC1=C(C#N)C(c2ccc(C#N)c3c(=O)cc(C)oc23)C(C(=O)OC(C)O)=C(C)N1. The molecule has 0 saturated carbocycles. The Balaban J connectivity index is 2.40. The normalized spacial score (nSPS) is 17.2. The molecule has 0 amide bonds. The van der Waals surface area contributed by atoms with Gasteiger partial charge in [0.25, 0.3) is 0 Å². The van der Waals surface area contributed by atoms with Crippen LogP contribution in [0.4, 0.5) is 0 Å². The Hall–Kier alpha value is -3.88. The molecule has 30 heavy (non-hydrogen) atoms. The molecule has 1 aromatic carbocycles. The average Bonchev–Trinajstić information content (AvgIpc) is 2.65. The van der Waals surface area contributed by atoms with Crippen molar-refractivity contribution in [1.82, 2.24) is 5.32 Å². The van der Waals surface area contributed by atoms with Crippen molar-refractivity contribution in [3.05, 3.63) is 67.8 Å². The van der Waals surface area contributed by atoms with Gasteiger partial charge in [-0.2, -0.15) is 10.5 Å². The third-order valence-corrected chi connectivity index (χ3v) is 4.84. The van der Waals surface area contributed by atoms with E-state index < -0.39 is 23.6 Å². The lowest BCUT2D eigenvalue weighted by Crippen LogP contribution is -2.30. The largest absolute Gasteiger partial charge is 0.461 e. The van der Waals surface area contributed by atoms with Gasteiger partial charge in [0.15, 0.2) is 11.7 Å². The van der Waals surface area contributed by atoms with Gasteiger partial charge in [0.05, 0.1) is 34.1 Å². The standard InChI is InChI=1S/C22H19N3O5/c1-10-7-17(27)19-14(8-23)5-6-15(21(19)29-10)20-16(9-24)11(2)25-12(3)18(20)22(28)30-13(4)26/h5-7,13,20,25-26H,1-4H3. The van der Waals surface area contributed by atoms with Crippen molar-refractivity contribution in [2.75, 3.05) is 0 Å². The van der Waals surface area contributed by atoms with E-state index >= 15 is 0 Å². The second kappa shape index (κ2) is 7.86. The lowest BCUT2D eigenvalue weighted by molar-refractivity contribution is -0.160. The number of hydrogen-bond donors (Lipinski definition) is 2. The van der Waals surface area contributed by atoms with Crippen molar-refractivity contribution in [1.29, 1.82) is 10.5 Å². The number of allylic oxidation sites excluding steroid dienone is 3. The van der Waals surface area contributed by atoms with Gasteiger partial charge in [-0.25, -0.2) is 4.79 Å². The number of rotatable bonds is 3. The number of carbonyl (C=O) groups excluding carboxylic acids is 1. The Morgan fingerprint density at radius 3 is 2.53 bits per heavy atom. The number of fused-ring (bicyclic) bond motifs is 1. The summed E-state index contributed by atoms with van der Waals surface area (Å²) >= 11 is 0. The molecule has 1 aromatic heterocycles. The van der Waals surface area contributed by atoms with Crippen molar-refractivity contribution < 1.29 is 19.1 Å². The van der Waals surface area contributed by atoms with Crippen molar-refractivity contribution in [2.24, 2.45) is 0 Å². The van der Waals surface area contributed by atoms with Crippen molar-refractivity contribution in [2.45, 2.75) is 39.9 Å². The molecule has 2 unspecified atom stereocenters. The van der Waals surface area contributed by atoms with Gasteiger partial charge in [0.1, 0.15) is 17.4 Å². The van der Waals surface area contributed by atoms with E-state index in [-0.39, 0.29) is 27.7 Å². The van der Waals surface area contributed by atoms with Crippen LogP contribution in [0.5, 0.6) is 0 Å². The number of nitrogens with zero attached hydrogens (tertiary/aromatic N) is 2. The lowest BCUT2D eigenvalue weighted by Gasteiger charge is -2.29. The molecular formula is C22H19N3O5. The van der Waals surface area contributed by atoms with Crippen LogP contribution < -0.4 is 10.7 Å². The fourth-order valence-electron chi connectivity index (χ4n) is 3.66. The first-order valence-electron chi connectivity index (χ1n) is 9.14. The molecule has 0 spiro atoms. The molecule has 0 saturated heterocycles. The predicted octanol–water partition coefficient (Wildman–Crippen LogP) is 2.61. The number of nitrogens with one attached hydrogen (secondary N) is 1. The highest BCUT2D eigenvalue weighted by Gasteiger charge is 2.36. The van der Waals surface area contributed by atoms with E-state index in [0.717, 1.165) is 0 Å². The second-order valence-electron chi connectivity index (χ2n) is 6.99. The second-order valence-corrected chi connectivity index (χ2v) is 6.99. The molecule has 0 fully saturated rings. The fourth-order valence-corrected chi connectivity index (χ4v) is 3.66. The minimum atomic E-state index is -1.35. The predicted molar refractivity (Wildman–Crippen MR) is 107 cm³/mol. The molecule has 0 aliphatic carbocycles. The van der Waals surface area contributed by atoms with Crippen LogP contribution in [0.1, 0.15) is 43.6 Å². The Labute approximate surface area is 172 Å². The van der Waals surface area contributed by atoms with Crippen molar-refractivity contribution in [3.63, 3.8) is 0 Å². The molecule has 0 bridgehead atoms. The summed E-state index contributed by atoms with van der Waals surface area (Å²) in [5.41, 5.74) is 1.54. The summed E-state index contributed by atoms with van der Waals surface area (Å²) in [6, 6.07) is 8.40. The first kappa shape index (κ1) is 20.8. The van der Waals surface area contributed by atoms with E-state index in [2.05, 4.69) is 11.4 Å². The molecule has 2 heterocycles. The Bertz CT molecular complexity index is 1270. The molecule has 3 rings (SSSR count). The Morgan fingerprint density at radius 1 is 1.23 bits per heavy atom. The van der Waals surface area contributed by atoms with Crippen LogP contribution in [0.3, 0.4) is 0 Å². The molecule has 2 aromatic rings. The molecule has 1 aliphatic rings. The minimum absolute atomic E-state index is 0.0787. The van der Waals surface area contributed by atoms with Crippen LogP contribution in [0.25, 0.3) is 11.0 Å². The van der Waals surface area contributed by atoms with Gasteiger partial charge in [-0.1, -0.05) is 6.07 Å². The van der Waals surface area contributed by atoms with E-state index in [0.29, 0.717) is 22.7 Å². The Morgan fingerprint density at radius 2 is 1.93 bits per heavy atom. The average molecular weight is 405 g/mol. The smallest absolute Gasteiger partial charge is 0.339 e. The summed E-state index contributed by atoms with van der Waals surface area (Å²) in [5.74, 6) is -1.40. The van der Waals surface area contributed by atoms with E-state index in [1.807, 2.05) is 6.07 Å². The highest BCUT2D eigenvalue weighted by atomic mass is 16.6. The number of carbonyl (C=O) groups is 1.